The summed E-state index contributed by atoms with van der Waals surface area (Å²) in [5.41, 5.74) is 2.53. The summed E-state index contributed by atoms with van der Waals surface area (Å²) in [5.74, 6) is 0.727. The Balaban J connectivity index is 2.83. The summed E-state index contributed by atoms with van der Waals surface area (Å²) in [6.45, 7) is 5.68. The lowest BCUT2D eigenvalue weighted by Crippen LogP contribution is -1.88. The number of aliphatic hydroxyl groups is 1. The third-order valence-electron chi connectivity index (χ3n) is 1.81. The van der Waals surface area contributed by atoms with E-state index in [0.29, 0.717) is 11.4 Å². The van der Waals surface area contributed by atoms with Gasteiger partial charge in [0.1, 0.15) is 11.5 Å². The van der Waals surface area contributed by atoms with Crippen LogP contribution in [0.3, 0.4) is 0 Å². The van der Waals surface area contributed by atoms with Crippen molar-refractivity contribution in [2.24, 2.45) is 4.99 Å². The molecule has 70 valence electrons. The SMILES string of the molecule is C=C(C=C(O)C1=C(C)CC=N1)CS. The van der Waals surface area contributed by atoms with Gasteiger partial charge in [-0.25, -0.2) is 0 Å². The normalized spacial score (nSPS) is 16.9. The smallest absolute Gasteiger partial charge is 0.141 e. The number of rotatable bonds is 3. The van der Waals surface area contributed by atoms with E-state index in [1.54, 1.807) is 12.3 Å². The van der Waals surface area contributed by atoms with E-state index in [-0.39, 0.29) is 5.76 Å². The highest BCUT2D eigenvalue weighted by atomic mass is 32.1. The molecule has 0 spiro atoms. The van der Waals surface area contributed by atoms with Crippen LogP contribution in [0, 0.1) is 0 Å². The van der Waals surface area contributed by atoms with E-state index in [2.05, 4.69) is 24.2 Å². The van der Waals surface area contributed by atoms with Crippen LogP contribution < -0.4 is 0 Å². The minimum Gasteiger partial charge on any atom is -0.506 e. The van der Waals surface area contributed by atoms with Gasteiger partial charge in [0.25, 0.3) is 0 Å². The molecule has 0 aromatic carbocycles. The van der Waals surface area contributed by atoms with Crippen LogP contribution in [0.1, 0.15) is 13.3 Å². The Morgan fingerprint density at radius 1 is 1.85 bits per heavy atom. The van der Waals surface area contributed by atoms with Crippen LogP contribution in [0.5, 0.6) is 0 Å². The molecule has 0 saturated heterocycles. The first-order valence-electron chi connectivity index (χ1n) is 4.07. The average molecular weight is 195 g/mol. The molecule has 1 aliphatic rings. The first kappa shape index (κ1) is 10.1. The second-order valence-corrected chi connectivity index (χ2v) is 3.31. The van der Waals surface area contributed by atoms with Crippen molar-refractivity contribution in [1.29, 1.82) is 0 Å². The highest BCUT2D eigenvalue weighted by Crippen LogP contribution is 2.21. The van der Waals surface area contributed by atoms with Crippen LogP contribution >= 0.6 is 12.6 Å². The van der Waals surface area contributed by atoms with Gasteiger partial charge in [-0.2, -0.15) is 12.6 Å². The summed E-state index contributed by atoms with van der Waals surface area (Å²) in [7, 11) is 0. The summed E-state index contributed by atoms with van der Waals surface area (Å²) >= 11 is 4.05. The van der Waals surface area contributed by atoms with Gasteiger partial charge in [0, 0.05) is 18.4 Å². The summed E-state index contributed by atoms with van der Waals surface area (Å²) in [4.78, 5) is 4.07. The monoisotopic (exact) mass is 195 g/mol. The van der Waals surface area contributed by atoms with Gasteiger partial charge in [0.2, 0.25) is 0 Å². The molecule has 0 saturated carbocycles. The average Bonchev–Trinajstić information content (AvgIpc) is 2.51. The molecule has 0 radical (unpaired) electrons. The zero-order chi connectivity index (χ0) is 9.84. The number of thiol groups is 1. The van der Waals surface area contributed by atoms with Crippen molar-refractivity contribution in [3.8, 4) is 0 Å². The van der Waals surface area contributed by atoms with Crippen molar-refractivity contribution in [2.45, 2.75) is 13.3 Å². The topological polar surface area (TPSA) is 32.6 Å². The highest BCUT2D eigenvalue weighted by Gasteiger charge is 2.10. The fraction of sp³-hybridized carbons (Fsp3) is 0.300. The van der Waals surface area contributed by atoms with Gasteiger partial charge in [0.15, 0.2) is 0 Å². The molecule has 13 heavy (non-hydrogen) atoms. The van der Waals surface area contributed by atoms with Gasteiger partial charge >= 0.3 is 0 Å². The lowest BCUT2D eigenvalue weighted by molar-refractivity contribution is 0.421. The largest absolute Gasteiger partial charge is 0.506 e. The molecule has 0 aromatic rings. The lowest BCUT2D eigenvalue weighted by atomic mass is 10.1. The molecule has 0 aromatic heterocycles. The zero-order valence-corrected chi connectivity index (χ0v) is 8.51. The Hall–Kier alpha value is -0.960. The summed E-state index contributed by atoms with van der Waals surface area (Å²) in [6, 6.07) is 0. The van der Waals surface area contributed by atoms with Crippen LogP contribution in [0.25, 0.3) is 0 Å². The lowest BCUT2D eigenvalue weighted by Gasteiger charge is -2.00. The quantitative estimate of drug-likeness (QED) is 0.405. The van der Waals surface area contributed by atoms with Crippen molar-refractivity contribution in [3.05, 3.63) is 35.3 Å². The number of allylic oxidation sites excluding steroid dienone is 2. The molecule has 1 N–H and O–H groups in total. The molecule has 0 aliphatic carbocycles. The predicted molar refractivity (Wildman–Crippen MR) is 59.5 cm³/mol. The van der Waals surface area contributed by atoms with Crippen LogP contribution in [0.2, 0.25) is 0 Å². The standard InChI is InChI=1S/C10H13NOS/c1-7(6-13)5-9(12)10-8(2)3-4-11-10/h4-5,12-13H,1,3,6H2,2H3. The first-order chi connectivity index (χ1) is 6.15. The van der Waals surface area contributed by atoms with E-state index in [1.807, 2.05) is 6.92 Å². The van der Waals surface area contributed by atoms with Crippen molar-refractivity contribution in [2.75, 3.05) is 5.75 Å². The fourth-order valence-electron chi connectivity index (χ4n) is 1.07. The van der Waals surface area contributed by atoms with Crippen LogP contribution in [-0.2, 0) is 0 Å². The van der Waals surface area contributed by atoms with Crippen molar-refractivity contribution < 1.29 is 5.11 Å². The Morgan fingerprint density at radius 2 is 2.54 bits per heavy atom. The summed E-state index contributed by atoms with van der Waals surface area (Å²) in [5, 5.41) is 9.62. The first-order valence-corrected chi connectivity index (χ1v) is 4.70. The van der Waals surface area contributed by atoms with E-state index in [9.17, 15) is 5.11 Å². The Morgan fingerprint density at radius 3 is 3.00 bits per heavy atom. The van der Waals surface area contributed by atoms with Gasteiger partial charge in [-0.3, -0.25) is 4.99 Å². The number of aliphatic imine (C=N–C) groups is 1. The number of hydrogen-bond donors (Lipinski definition) is 2. The van der Waals surface area contributed by atoms with E-state index in [1.165, 1.54) is 0 Å². The van der Waals surface area contributed by atoms with E-state index < -0.39 is 0 Å². The van der Waals surface area contributed by atoms with Crippen molar-refractivity contribution in [3.63, 3.8) is 0 Å². The molecule has 0 unspecified atom stereocenters. The zero-order valence-electron chi connectivity index (χ0n) is 7.62. The Labute approximate surface area is 83.8 Å². The van der Waals surface area contributed by atoms with E-state index in [0.717, 1.165) is 17.6 Å². The Kier molecular flexibility index (Phi) is 3.37. The van der Waals surface area contributed by atoms with Crippen LogP contribution in [0.15, 0.2) is 40.2 Å². The molecular weight excluding hydrogens is 182 g/mol. The molecule has 0 bridgehead atoms. The molecule has 0 fully saturated rings. The molecule has 1 heterocycles. The fourth-order valence-corrected chi connectivity index (χ4v) is 1.16. The summed E-state index contributed by atoms with van der Waals surface area (Å²) < 4.78 is 0. The van der Waals surface area contributed by atoms with E-state index in [4.69, 9.17) is 0 Å². The number of aliphatic hydroxyl groups excluding tert-OH is 1. The number of hydrogen-bond acceptors (Lipinski definition) is 3. The van der Waals surface area contributed by atoms with Crippen LogP contribution in [0.4, 0.5) is 0 Å². The molecule has 3 heteroatoms. The van der Waals surface area contributed by atoms with Crippen LogP contribution in [-0.4, -0.2) is 17.1 Å². The molecular formula is C10H13NOS. The highest BCUT2D eigenvalue weighted by molar-refractivity contribution is 7.80. The maximum absolute atomic E-state index is 9.62. The van der Waals surface area contributed by atoms with E-state index >= 15 is 0 Å². The van der Waals surface area contributed by atoms with Gasteiger partial charge in [-0.1, -0.05) is 6.58 Å². The minimum absolute atomic E-state index is 0.185. The maximum atomic E-state index is 9.62. The molecule has 1 aliphatic heterocycles. The Bertz CT molecular complexity index is 313. The maximum Gasteiger partial charge on any atom is 0.141 e. The van der Waals surface area contributed by atoms with Gasteiger partial charge in [-0.15, -0.1) is 0 Å². The number of nitrogens with zero attached hydrogens (tertiary/aromatic N) is 1. The molecule has 0 amide bonds. The second-order valence-electron chi connectivity index (χ2n) is 2.99. The minimum atomic E-state index is 0.185. The predicted octanol–water partition coefficient (Wildman–Crippen LogP) is 2.66. The van der Waals surface area contributed by atoms with Gasteiger partial charge in [0.05, 0.1) is 0 Å². The second kappa shape index (κ2) is 4.33. The van der Waals surface area contributed by atoms with Gasteiger partial charge < -0.3 is 5.11 Å². The molecule has 0 atom stereocenters. The third-order valence-corrected chi connectivity index (χ3v) is 2.21. The van der Waals surface area contributed by atoms with Crippen molar-refractivity contribution >= 4 is 18.8 Å². The van der Waals surface area contributed by atoms with Gasteiger partial charge in [-0.05, 0) is 24.1 Å². The molecule has 1 rings (SSSR count). The van der Waals surface area contributed by atoms with Crippen molar-refractivity contribution in [1.82, 2.24) is 0 Å². The molecule has 2 nitrogen and oxygen atoms in total. The third kappa shape index (κ3) is 2.49. The summed E-state index contributed by atoms with van der Waals surface area (Å²) in [6.07, 6.45) is 4.22.